The minimum atomic E-state index is 0.499. The van der Waals surface area contributed by atoms with E-state index in [1.54, 1.807) is 12.1 Å². The summed E-state index contributed by atoms with van der Waals surface area (Å²) in [5.41, 5.74) is 1.45. The molecule has 1 heterocycles. The molecule has 4 heteroatoms. The van der Waals surface area contributed by atoms with Gasteiger partial charge < -0.3 is 10.1 Å². The maximum atomic E-state index is 8.88. The van der Waals surface area contributed by atoms with E-state index in [2.05, 4.69) is 11.4 Å². The summed E-state index contributed by atoms with van der Waals surface area (Å²) in [7, 11) is 0. The van der Waals surface area contributed by atoms with Crippen molar-refractivity contribution in [1.82, 2.24) is 0 Å². The summed E-state index contributed by atoms with van der Waals surface area (Å²) in [6.07, 6.45) is 2.34. The molecule has 1 N–H and O–H groups in total. The first-order valence-electron chi connectivity index (χ1n) is 5.81. The zero-order valence-electron chi connectivity index (χ0n) is 9.58. The molecule has 1 unspecified atom stereocenters. The standard InChI is InChI=1S/C13H15ClN2O/c14-13-4-3-12(6-11(13)7-15)16-8-10-2-1-5-17-9-10/h3-4,6,10,16H,1-2,5,8-9H2. The number of hydrogen-bond acceptors (Lipinski definition) is 3. The second-order valence-electron chi connectivity index (χ2n) is 4.27. The third-order valence-electron chi connectivity index (χ3n) is 2.94. The fourth-order valence-electron chi connectivity index (χ4n) is 1.95. The lowest BCUT2D eigenvalue weighted by atomic mass is 10.0. The Labute approximate surface area is 106 Å². The van der Waals surface area contributed by atoms with Crippen LogP contribution in [0.25, 0.3) is 0 Å². The topological polar surface area (TPSA) is 45.0 Å². The number of benzene rings is 1. The summed E-state index contributed by atoms with van der Waals surface area (Å²) in [6, 6.07) is 7.51. The van der Waals surface area contributed by atoms with Gasteiger partial charge in [-0.25, -0.2) is 0 Å². The number of hydrogen-bond donors (Lipinski definition) is 1. The van der Waals surface area contributed by atoms with E-state index in [0.29, 0.717) is 16.5 Å². The molecule has 90 valence electrons. The van der Waals surface area contributed by atoms with Crippen LogP contribution in [0.4, 0.5) is 5.69 Å². The van der Waals surface area contributed by atoms with Crippen molar-refractivity contribution in [2.24, 2.45) is 5.92 Å². The third kappa shape index (κ3) is 3.36. The van der Waals surface area contributed by atoms with E-state index >= 15 is 0 Å². The lowest BCUT2D eigenvalue weighted by Gasteiger charge is -2.22. The molecule has 0 spiro atoms. The lowest BCUT2D eigenvalue weighted by molar-refractivity contribution is 0.0595. The SMILES string of the molecule is N#Cc1cc(NCC2CCCOC2)ccc1Cl. The van der Waals surface area contributed by atoms with Crippen molar-refractivity contribution in [2.75, 3.05) is 25.1 Å². The van der Waals surface area contributed by atoms with Crippen LogP contribution in [0.15, 0.2) is 18.2 Å². The van der Waals surface area contributed by atoms with E-state index < -0.39 is 0 Å². The van der Waals surface area contributed by atoms with Gasteiger partial charge in [0.25, 0.3) is 0 Å². The number of halogens is 1. The number of nitrogens with zero attached hydrogens (tertiary/aromatic N) is 1. The highest BCUT2D eigenvalue weighted by Gasteiger charge is 2.13. The molecule has 0 aromatic heterocycles. The summed E-state index contributed by atoms with van der Waals surface area (Å²) in [5.74, 6) is 0.560. The van der Waals surface area contributed by atoms with Crippen LogP contribution >= 0.6 is 11.6 Å². The maximum Gasteiger partial charge on any atom is 0.101 e. The van der Waals surface area contributed by atoms with Crippen LogP contribution in [0, 0.1) is 17.2 Å². The van der Waals surface area contributed by atoms with Crippen LogP contribution in [0.5, 0.6) is 0 Å². The molecule has 1 saturated heterocycles. The highest BCUT2D eigenvalue weighted by atomic mass is 35.5. The van der Waals surface area contributed by atoms with Crippen molar-refractivity contribution in [3.05, 3.63) is 28.8 Å². The fourth-order valence-corrected chi connectivity index (χ4v) is 2.11. The summed E-state index contributed by atoms with van der Waals surface area (Å²) in [5, 5.41) is 12.7. The van der Waals surface area contributed by atoms with Gasteiger partial charge in [-0.1, -0.05) is 11.6 Å². The van der Waals surface area contributed by atoms with Crippen LogP contribution in [0.1, 0.15) is 18.4 Å². The fraction of sp³-hybridized carbons (Fsp3) is 0.462. The van der Waals surface area contributed by atoms with Crippen molar-refractivity contribution in [1.29, 1.82) is 5.26 Å². The second-order valence-corrected chi connectivity index (χ2v) is 4.68. The van der Waals surface area contributed by atoms with E-state index in [4.69, 9.17) is 21.6 Å². The Morgan fingerprint density at radius 1 is 1.53 bits per heavy atom. The van der Waals surface area contributed by atoms with Crippen LogP contribution in [0.2, 0.25) is 5.02 Å². The molecule has 3 nitrogen and oxygen atoms in total. The Morgan fingerprint density at radius 2 is 2.41 bits per heavy atom. The van der Waals surface area contributed by atoms with E-state index in [1.165, 1.54) is 6.42 Å². The Balaban J connectivity index is 1.92. The van der Waals surface area contributed by atoms with Crippen molar-refractivity contribution in [3.63, 3.8) is 0 Å². The van der Waals surface area contributed by atoms with Gasteiger partial charge in [-0.15, -0.1) is 0 Å². The van der Waals surface area contributed by atoms with E-state index in [-0.39, 0.29) is 0 Å². The number of rotatable bonds is 3. The number of anilines is 1. The number of ether oxygens (including phenoxy) is 1. The van der Waals surface area contributed by atoms with Crippen molar-refractivity contribution >= 4 is 17.3 Å². The lowest BCUT2D eigenvalue weighted by Crippen LogP contribution is -2.24. The highest BCUT2D eigenvalue weighted by Crippen LogP contribution is 2.21. The van der Waals surface area contributed by atoms with Crippen molar-refractivity contribution in [3.8, 4) is 6.07 Å². The summed E-state index contributed by atoms with van der Waals surface area (Å²) < 4.78 is 5.42. The van der Waals surface area contributed by atoms with Gasteiger partial charge in [-0.3, -0.25) is 0 Å². The third-order valence-corrected chi connectivity index (χ3v) is 3.27. The zero-order valence-corrected chi connectivity index (χ0v) is 10.3. The summed E-state index contributed by atoms with van der Waals surface area (Å²) in [6.45, 7) is 2.59. The molecule has 17 heavy (non-hydrogen) atoms. The quantitative estimate of drug-likeness (QED) is 0.897. The molecule has 1 fully saturated rings. The highest BCUT2D eigenvalue weighted by molar-refractivity contribution is 6.31. The van der Waals surface area contributed by atoms with Gasteiger partial charge in [0.15, 0.2) is 0 Å². The zero-order chi connectivity index (χ0) is 12.1. The molecule has 1 aromatic carbocycles. The van der Waals surface area contributed by atoms with Gasteiger partial charge in [0.1, 0.15) is 6.07 Å². The van der Waals surface area contributed by atoms with Gasteiger partial charge in [-0.05, 0) is 37.0 Å². The minimum Gasteiger partial charge on any atom is -0.385 e. The summed E-state index contributed by atoms with van der Waals surface area (Å²) in [4.78, 5) is 0. The van der Waals surface area contributed by atoms with Gasteiger partial charge in [0.2, 0.25) is 0 Å². The molecule has 1 aromatic rings. The Bertz CT molecular complexity index is 422. The van der Waals surface area contributed by atoms with Crippen LogP contribution in [0.3, 0.4) is 0 Å². The first kappa shape index (κ1) is 12.2. The Kier molecular flexibility index (Phi) is 4.24. The first-order chi connectivity index (χ1) is 8.29. The van der Waals surface area contributed by atoms with Crippen molar-refractivity contribution < 1.29 is 4.74 Å². The molecule has 1 aliphatic rings. The van der Waals surface area contributed by atoms with Gasteiger partial charge in [0.05, 0.1) is 17.2 Å². The number of nitrogens with one attached hydrogen (secondary N) is 1. The molecule has 1 atom stereocenters. The Morgan fingerprint density at radius 3 is 3.12 bits per heavy atom. The minimum absolute atomic E-state index is 0.499. The Hall–Kier alpha value is -1.24. The average Bonchev–Trinajstić information content (AvgIpc) is 2.39. The van der Waals surface area contributed by atoms with E-state index in [1.807, 2.05) is 6.07 Å². The first-order valence-corrected chi connectivity index (χ1v) is 6.18. The van der Waals surface area contributed by atoms with Gasteiger partial charge in [-0.2, -0.15) is 5.26 Å². The molecular weight excluding hydrogens is 236 g/mol. The normalized spacial score (nSPS) is 19.6. The van der Waals surface area contributed by atoms with Gasteiger partial charge >= 0.3 is 0 Å². The molecular formula is C13H15ClN2O. The summed E-state index contributed by atoms with van der Waals surface area (Å²) >= 11 is 5.87. The van der Waals surface area contributed by atoms with E-state index in [0.717, 1.165) is 31.9 Å². The van der Waals surface area contributed by atoms with Crippen molar-refractivity contribution in [2.45, 2.75) is 12.8 Å². The smallest absolute Gasteiger partial charge is 0.101 e. The second kappa shape index (κ2) is 5.90. The monoisotopic (exact) mass is 250 g/mol. The molecule has 2 rings (SSSR count). The predicted molar refractivity (Wildman–Crippen MR) is 68.2 cm³/mol. The average molecular weight is 251 g/mol. The molecule has 0 bridgehead atoms. The van der Waals surface area contributed by atoms with Crippen LogP contribution < -0.4 is 5.32 Å². The predicted octanol–water partition coefficient (Wildman–Crippen LogP) is 3.05. The number of nitriles is 1. The van der Waals surface area contributed by atoms with E-state index in [9.17, 15) is 0 Å². The van der Waals surface area contributed by atoms with Crippen LogP contribution in [-0.2, 0) is 4.74 Å². The molecule has 0 radical (unpaired) electrons. The van der Waals surface area contributed by atoms with Crippen LogP contribution in [-0.4, -0.2) is 19.8 Å². The molecule has 0 amide bonds. The molecule has 1 aliphatic heterocycles. The largest absolute Gasteiger partial charge is 0.385 e. The molecule has 0 aliphatic carbocycles. The maximum absolute atomic E-state index is 8.88. The molecule has 0 saturated carbocycles. The van der Waals surface area contributed by atoms with Gasteiger partial charge in [0, 0.05) is 18.8 Å².